The van der Waals surface area contributed by atoms with Gasteiger partial charge in [0, 0.05) is 18.6 Å². The minimum atomic E-state index is 0.227. The van der Waals surface area contributed by atoms with Gasteiger partial charge in [-0.3, -0.25) is 11.3 Å². The Bertz CT molecular complexity index is 201. The number of nitrogens with two attached hydrogens (primary N) is 1. The zero-order chi connectivity index (χ0) is 8.81. The van der Waals surface area contributed by atoms with E-state index < -0.39 is 0 Å². The van der Waals surface area contributed by atoms with Crippen LogP contribution in [0.3, 0.4) is 0 Å². The Kier molecular flexibility index (Phi) is 4.24. The summed E-state index contributed by atoms with van der Waals surface area (Å²) in [7, 11) is 1.70. The topological polar surface area (TPSA) is 47.3 Å². The molecule has 1 unspecified atom stereocenters. The predicted molar refractivity (Wildman–Crippen MR) is 50.9 cm³/mol. The van der Waals surface area contributed by atoms with Crippen LogP contribution in [0, 0.1) is 0 Å². The van der Waals surface area contributed by atoms with Crippen LogP contribution in [0.15, 0.2) is 17.5 Å². The van der Waals surface area contributed by atoms with Crippen LogP contribution in [-0.4, -0.2) is 13.7 Å². The Hall–Kier alpha value is -0.420. The van der Waals surface area contributed by atoms with E-state index in [2.05, 4.69) is 11.5 Å². The second-order valence-electron chi connectivity index (χ2n) is 2.52. The van der Waals surface area contributed by atoms with Gasteiger partial charge in [0.1, 0.15) is 0 Å². The molecule has 1 heterocycles. The van der Waals surface area contributed by atoms with Crippen LogP contribution in [-0.2, 0) is 4.74 Å². The lowest BCUT2D eigenvalue weighted by Gasteiger charge is -2.12. The first-order valence-electron chi connectivity index (χ1n) is 3.87. The van der Waals surface area contributed by atoms with Crippen LogP contribution in [0.2, 0.25) is 0 Å². The molecule has 1 atom stereocenters. The molecule has 1 aromatic rings. The summed E-state index contributed by atoms with van der Waals surface area (Å²) in [5.74, 6) is 5.41. The number of methoxy groups -OCH3 is 1. The van der Waals surface area contributed by atoms with Crippen molar-refractivity contribution >= 4 is 11.3 Å². The van der Waals surface area contributed by atoms with E-state index in [9.17, 15) is 0 Å². The lowest BCUT2D eigenvalue weighted by molar-refractivity contribution is 0.183. The van der Waals surface area contributed by atoms with Crippen molar-refractivity contribution in [1.29, 1.82) is 0 Å². The number of nitrogens with one attached hydrogen (secondary N) is 1. The molecule has 4 heteroatoms. The summed E-state index contributed by atoms with van der Waals surface area (Å²) in [6.45, 7) is 0.729. The average Bonchev–Trinajstić information content (AvgIpc) is 2.59. The molecule has 0 aliphatic rings. The number of hydrogen-bond donors (Lipinski definition) is 2. The van der Waals surface area contributed by atoms with Crippen molar-refractivity contribution < 1.29 is 4.74 Å². The van der Waals surface area contributed by atoms with Gasteiger partial charge in [0.2, 0.25) is 0 Å². The van der Waals surface area contributed by atoms with Crippen LogP contribution in [0.1, 0.15) is 17.3 Å². The summed E-state index contributed by atoms with van der Waals surface area (Å²) < 4.78 is 4.98. The van der Waals surface area contributed by atoms with Gasteiger partial charge >= 0.3 is 0 Å². The third-order valence-corrected chi connectivity index (χ3v) is 2.68. The average molecular weight is 186 g/mol. The van der Waals surface area contributed by atoms with Crippen molar-refractivity contribution in [2.75, 3.05) is 13.7 Å². The Balaban J connectivity index is 2.45. The third kappa shape index (κ3) is 2.57. The van der Waals surface area contributed by atoms with Crippen molar-refractivity contribution in [2.24, 2.45) is 5.84 Å². The summed E-state index contributed by atoms with van der Waals surface area (Å²) in [6.07, 6.45) is 0.910. The van der Waals surface area contributed by atoms with E-state index in [0.29, 0.717) is 0 Å². The molecule has 3 N–H and O–H groups in total. The van der Waals surface area contributed by atoms with E-state index in [-0.39, 0.29) is 6.04 Å². The maximum absolute atomic E-state index is 5.41. The van der Waals surface area contributed by atoms with Gasteiger partial charge in [0.25, 0.3) is 0 Å². The molecular weight excluding hydrogens is 172 g/mol. The molecule has 0 radical (unpaired) electrons. The first kappa shape index (κ1) is 9.67. The van der Waals surface area contributed by atoms with Crippen molar-refractivity contribution in [1.82, 2.24) is 5.43 Å². The van der Waals surface area contributed by atoms with Gasteiger partial charge in [-0.05, 0) is 17.9 Å². The van der Waals surface area contributed by atoms with Gasteiger partial charge in [-0.2, -0.15) is 0 Å². The van der Waals surface area contributed by atoms with Gasteiger partial charge in [-0.25, -0.2) is 0 Å². The Morgan fingerprint density at radius 1 is 1.75 bits per heavy atom. The van der Waals surface area contributed by atoms with Crippen LogP contribution < -0.4 is 11.3 Å². The minimum Gasteiger partial charge on any atom is -0.385 e. The van der Waals surface area contributed by atoms with Crippen LogP contribution in [0.5, 0.6) is 0 Å². The molecule has 1 aromatic heterocycles. The lowest BCUT2D eigenvalue weighted by atomic mass is 10.2. The van der Waals surface area contributed by atoms with Crippen LogP contribution in [0.25, 0.3) is 0 Å². The Morgan fingerprint density at radius 2 is 2.58 bits per heavy atom. The molecule has 0 aliphatic carbocycles. The molecule has 68 valence electrons. The number of hydrogen-bond acceptors (Lipinski definition) is 4. The van der Waals surface area contributed by atoms with E-state index >= 15 is 0 Å². The van der Waals surface area contributed by atoms with Gasteiger partial charge in [-0.1, -0.05) is 6.07 Å². The number of hydrazine groups is 1. The molecule has 0 bridgehead atoms. The number of thiophene rings is 1. The molecule has 0 aromatic carbocycles. The molecule has 1 rings (SSSR count). The molecule has 0 saturated carbocycles. The molecule has 12 heavy (non-hydrogen) atoms. The van der Waals surface area contributed by atoms with E-state index in [1.165, 1.54) is 4.88 Å². The molecule has 0 saturated heterocycles. The molecule has 0 amide bonds. The largest absolute Gasteiger partial charge is 0.385 e. The quantitative estimate of drug-likeness (QED) is 0.538. The SMILES string of the molecule is COCCC(NN)c1cccs1. The maximum Gasteiger partial charge on any atom is 0.0575 e. The zero-order valence-electron chi connectivity index (χ0n) is 7.12. The van der Waals surface area contributed by atoms with Crippen molar-refractivity contribution in [3.05, 3.63) is 22.4 Å². The monoisotopic (exact) mass is 186 g/mol. The Morgan fingerprint density at radius 3 is 3.08 bits per heavy atom. The smallest absolute Gasteiger partial charge is 0.0575 e. The highest BCUT2D eigenvalue weighted by atomic mass is 32.1. The standard InChI is InChI=1S/C8H14N2OS/c1-11-5-4-7(10-9)8-3-2-6-12-8/h2-3,6-7,10H,4-5,9H2,1H3. The van der Waals surface area contributed by atoms with Crippen molar-refractivity contribution in [3.63, 3.8) is 0 Å². The molecule has 0 aliphatic heterocycles. The van der Waals surface area contributed by atoms with Gasteiger partial charge in [-0.15, -0.1) is 11.3 Å². The third-order valence-electron chi connectivity index (χ3n) is 1.70. The van der Waals surface area contributed by atoms with Gasteiger partial charge < -0.3 is 4.74 Å². The zero-order valence-corrected chi connectivity index (χ0v) is 7.93. The van der Waals surface area contributed by atoms with E-state index in [1.54, 1.807) is 18.4 Å². The van der Waals surface area contributed by atoms with Gasteiger partial charge in [0.15, 0.2) is 0 Å². The molecule has 0 spiro atoms. The Labute approximate surface area is 76.5 Å². The summed E-state index contributed by atoms with van der Waals surface area (Å²) in [6, 6.07) is 4.33. The van der Waals surface area contributed by atoms with Crippen molar-refractivity contribution in [3.8, 4) is 0 Å². The fourth-order valence-electron chi connectivity index (χ4n) is 1.03. The number of ether oxygens (including phenoxy) is 1. The molecular formula is C8H14N2OS. The molecule has 3 nitrogen and oxygen atoms in total. The fourth-order valence-corrected chi connectivity index (χ4v) is 1.85. The highest BCUT2D eigenvalue weighted by Gasteiger charge is 2.09. The highest BCUT2D eigenvalue weighted by molar-refractivity contribution is 7.10. The molecule has 0 fully saturated rings. The normalized spacial score (nSPS) is 13.2. The van der Waals surface area contributed by atoms with E-state index in [4.69, 9.17) is 10.6 Å². The minimum absolute atomic E-state index is 0.227. The first-order valence-corrected chi connectivity index (χ1v) is 4.75. The highest BCUT2D eigenvalue weighted by Crippen LogP contribution is 2.20. The van der Waals surface area contributed by atoms with Gasteiger partial charge in [0.05, 0.1) is 6.04 Å². The lowest BCUT2D eigenvalue weighted by Crippen LogP contribution is -2.28. The fraction of sp³-hybridized carbons (Fsp3) is 0.500. The number of rotatable bonds is 5. The second kappa shape index (κ2) is 5.27. The second-order valence-corrected chi connectivity index (χ2v) is 3.50. The maximum atomic E-state index is 5.41. The summed E-state index contributed by atoms with van der Waals surface area (Å²) in [4.78, 5) is 1.26. The van der Waals surface area contributed by atoms with Crippen LogP contribution >= 0.6 is 11.3 Å². The first-order chi connectivity index (χ1) is 5.88. The summed E-state index contributed by atoms with van der Waals surface area (Å²) in [5.41, 5.74) is 2.77. The predicted octanol–water partition coefficient (Wildman–Crippen LogP) is 1.29. The van der Waals surface area contributed by atoms with Crippen LogP contribution in [0.4, 0.5) is 0 Å². The summed E-state index contributed by atoms with van der Waals surface area (Å²) in [5, 5.41) is 2.05. The van der Waals surface area contributed by atoms with E-state index in [0.717, 1.165) is 13.0 Å². The van der Waals surface area contributed by atoms with Crippen molar-refractivity contribution in [2.45, 2.75) is 12.5 Å². The van der Waals surface area contributed by atoms with E-state index in [1.807, 2.05) is 11.4 Å². The summed E-state index contributed by atoms with van der Waals surface area (Å²) >= 11 is 1.71.